The van der Waals surface area contributed by atoms with E-state index in [-0.39, 0.29) is 6.54 Å². The molecule has 8 heteroatoms. The fourth-order valence-electron chi connectivity index (χ4n) is 2.25. The Kier molecular flexibility index (Phi) is 5.10. The van der Waals surface area contributed by atoms with Gasteiger partial charge in [0.05, 0.1) is 25.3 Å². The molecule has 130 valence electrons. The molecule has 8 nitrogen and oxygen atoms in total. The molecule has 3 N–H and O–H groups in total. The lowest BCUT2D eigenvalue weighted by molar-refractivity contribution is 0.251. The third-order valence-electron chi connectivity index (χ3n) is 3.55. The van der Waals surface area contributed by atoms with Crippen LogP contribution >= 0.6 is 0 Å². The van der Waals surface area contributed by atoms with Crippen LogP contribution in [0.3, 0.4) is 0 Å². The first-order valence-corrected chi connectivity index (χ1v) is 7.78. The Hall–Kier alpha value is -3.86. The van der Waals surface area contributed by atoms with Crippen LogP contribution in [0.5, 0.6) is 5.75 Å². The molecule has 0 fully saturated rings. The Morgan fingerprint density at radius 1 is 1.27 bits per heavy atom. The lowest BCUT2D eigenvalue weighted by atomic mass is 10.2. The van der Waals surface area contributed by atoms with Gasteiger partial charge in [0.25, 0.3) is 0 Å². The number of nitrogens with one attached hydrogen (secondary N) is 3. The fourth-order valence-corrected chi connectivity index (χ4v) is 2.25. The summed E-state index contributed by atoms with van der Waals surface area (Å²) in [6.45, 7) is 0.187. The number of carbonyl (C=O) groups excluding carboxylic acids is 1. The molecule has 3 aromatic rings. The van der Waals surface area contributed by atoms with Crippen molar-refractivity contribution in [3.63, 3.8) is 0 Å². The molecule has 0 aliphatic heterocycles. The lowest BCUT2D eigenvalue weighted by Crippen LogP contribution is -2.28. The monoisotopic (exact) mass is 348 g/mol. The first-order chi connectivity index (χ1) is 12.7. The Morgan fingerprint density at radius 2 is 2.08 bits per heavy atom. The maximum Gasteiger partial charge on any atom is 0.319 e. The smallest absolute Gasteiger partial charge is 0.319 e. The Bertz CT molecular complexity index is 943. The van der Waals surface area contributed by atoms with Crippen LogP contribution in [0, 0.1) is 11.3 Å². The van der Waals surface area contributed by atoms with E-state index in [1.165, 1.54) is 0 Å². The largest absolute Gasteiger partial charge is 0.497 e. The second kappa shape index (κ2) is 7.81. The van der Waals surface area contributed by atoms with E-state index in [4.69, 9.17) is 10.00 Å². The van der Waals surface area contributed by atoms with E-state index in [1.54, 1.807) is 31.4 Å². The molecule has 0 saturated heterocycles. The predicted molar refractivity (Wildman–Crippen MR) is 95.4 cm³/mol. The summed E-state index contributed by atoms with van der Waals surface area (Å²) in [4.78, 5) is 16.3. The molecule has 0 aliphatic carbocycles. The van der Waals surface area contributed by atoms with Crippen LogP contribution < -0.4 is 15.4 Å². The number of rotatable bonds is 5. The van der Waals surface area contributed by atoms with Crippen molar-refractivity contribution >= 4 is 11.7 Å². The van der Waals surface area contributed by atoms with Gasteiger partial charge in [-0.25, -0.2) is 9.78 Å². The maximum absolute atomic E-state index is 12.0. The minimum Gasteiger partial charge on any atom is -0.497 e. The molecular weight excluding hydrogens is 332 g/mol. The van der Waals surface area contributed by atoms with Crippen LogP contribution in [-0.4, -0.2) is 28.3 Å². The molecule has 2 aromatic carbocycles. The van der Waals surface area contributed by atoms with Gasteiger partial charge in [0.1, 0.15) is 11.6 Å². The molecule has 0 aliphatic rings. The van der Waals surface area contributed by atoms with Gasteiger partial charge in [-0.3, -0.25) is 5.10 Å². The third kappa shape index (κ3) is 4.15. The summed E-state index contributed by atoms with van der Waals surface area (Å²) in [5, 5.41) is 21.1. The number of aromatic nitrogens is 3. The topological polar surface area (TPSA) is 116 Å². The van der Waals surface area contributed by atoms with Crippen LogP contribution in [0.25, 0.3) is 11.4 Å². The van der Waals surface area contributed by atoms with Crippen LogP contribution in [0.2, 0.25) is 0 Å². The third-order valence-corrected chi connectivity index (χ3v) is 3.55. The second-order valence-electron chi connectivity index (χ2n) is 5.33. The minimum atomic E-state index is -0.400. The minimum absolute atomic E-state index is 0.187. The number of benzene rings is 2. The van der Waals surface area contributed by atoms with E-state index >= 15 is 0 Å². The highest BCUT2D eigenvalue weighted by molar-refractivity contribution is 5.89. The van der Waals surface area contributed by atoms with Crippen LogP contribution in [-0.2, 0) is 6.54 Å². The van der Waals surface area contributed by atoms with Crippen molar-refractivity contribution in [1.29, 1.82) is 5.26 Å². The predicted octanol–water partition coefficient (Wildman–Crippen LogP) is 2.67. The van der Waals surface area contributed by atoms with Gasteiger partial charge in [-0.15, -0.1) is 0 Å². The zero-order chi connectivity index (χ0) is 18.4. The summed E-state index contributed by atoms with van der Waals surface area (Å²) < 4.78 is 5.12. The van der Waals surface area contributed by atoms with Crippen molar-refractivity contribution in [3.8, 4) is 23.2 Å². The maximum atomic E-state index is 12.0. The van der Waals surface area contributed by atoms with Crippen molar-refractivity contribution in [1.82, 2.24) is 20.5 Å². The average molecular weight is 348 g/mol. The number of nitriles is 1. The molecule has 0 atom stereocenters. The summed E-state index contributed by atoms with van der Waals surface area (Å²) in [5.74, 6) is 1.81. The molecule has 0 radical (unpaired) electrons. The number of hydrogen-bond acceptors (Lipinski definition) is 5. The Labute approximate surface area is 149 Å². The van der Waals surface area contributed by atoms with Crippen LogP contribution in [0.15, 0.2) is 48.5 Å². The number of nitrogens with zero attached hydrogens (tertiary/aromatic N) is 3. The fraction of sp³-hybridized carbons (Fsp3) is 0.111. The van der Waals surface area contributed by atoms with Gasteiger partial charge in [0.2, 0.25) is 0 Å². The first-order valence-electron chi connectivity index (χ1n) is 7.78. The molecular formula is C18H16N6O2. The number of urea groups is 1. The van der Waals surface area contributed by atoms with Crippen molar-refractivity contribution in [3.05, 3.63) is 59.9 Å². The van der Waals surface area contributed by atoms with Gasteiger partial charge in [-0.05, 0) is 42.5 Å². The van der Waals surface area contributed by atoms with Gasteiger partial charge in [-0.2, -0.15) is 10.4 Å². The zero-order valence-corrected chi connectivity index (χ0v) is 14.0. The number of carbonyl (C=O) groups is 1. The molecule has 0 spiro atoms. The van der Waals surface area contributed by atoms with Crippen LogP contribution in [0.4, 0.5) is 10.5 Å². The molecule has 0 saturated carbocycles. The van der Waals surface area contributed by atoms with E-state index in [1.807, 2.05) is 30.3 Å². The average Bonchev–Trinajstić information content (AvgIpc) is 3.15. The van der Waals surface area contributed by atoms with E-state index in [2.05, 4.69) is 25.8 Å². The Balaban J connectivity index is 1.57. The number of hydrogen-bond donors (Lipinski definition) is 3. The second-order valence-corrected chi connectivity index (χ2v) is 5.33. The van der Waals surface area contributed by atoms with Gasteiger partial charge in [-0.1, -0.05) is 6.07 Å². The van der Waals surface area contributed by atoms with E-state index in [0.29, 0.717) is 22.9 Å². The van der Waals surface area contributed by atoms with Crippen molar-refractivity contribution < 1.29 is 9.53 Å². The SMILES string of the molecule is COc1ccc(-c2n[nH]c(CNC(=O)Nc3cccc(C#N)c3)n2)cc1. The summed E-state index contributed by atoms with van der Waals surface area (Å²) in [6.07, 6.45) is 0. The highest BCUT2D eigenvalue weighted by atomic mass is 16.5. The number of amides is 2. The quantitative estimate of drug-likeness (QED) is 0.655. The van der Waals surface area contributed by atoms with E-state index in [0.717, 1.165) is 11.3 Å². The van der Waals surface area contributed by atoms with Gasteiger partial charge in [0, 0.05) is 11.3 Å². The number of ether oxygens (including phenoxy) is 1. The summed E-state index contributed by atoms with van der Waals surface area (Å²) >= 11 is 0. The number of methoxy groups -OCH3 is 1. The molecule has 2 amide bonds. The molecule has 1 heterocycles. The molecule has 26 heavy (non-hydrogen) atoms. The zero-order valence-electron chi connectivity index (χ0n) is 14.0. The number of anilines is 1. The van der Waals surface area contributed by atoms with E-state index in [9.17, 15) is 4.79 Å². The normalized spacial score (nSPS) is 10.0. The highest BCUT2D eigenvalue weighted by Gasteiger charge is 2.08. The van der Waals surface area contributed by atoms with Crippen molar-refractivity contribution in [2.24, 2.45) is 0 Å². The molecule has 1 aromatic heterocycles. The number of aromatic amines is 1. The van der Waals surface area contributed by atoms with Gasteiger partial charge < -0.3 is 15.4 Å². The molecule has 0 unspecified atom stereocenters. The van der Waals surface area contributed by atoms with Gasteiger partial charge >= 0.3 is 6.03 Å². The van der Waals surface area contributed by atoms with Gasteiger partial charge in [0.15, 0.2) is 5.82 Å². The Morgan fingerprint density at radius 3 is 2.81 bits per heavy atom. The van der Waals surface area contributed by atoms with E-state index < -0.39 is 6.03 Å². The number of H-pyrrole nitrogens is 1. The van der Waals surface area contributed by atoms with Crippen molar-refractivity contribution in [2.75, 3.05) is 12.4 Å². The molecule has 3 rings (SSSR count). The first kappa shape index (κ1) is 17.0. The highest BCUT2D eigenvalue weighted by Crippen LogP contribution is 2.18. The molecule has 0 bridgehead atoms. The summed E-state index contributed by atoms with van der Waals surface area (Å²) in [5.41, 5.74) is 1.85. The summed E-state index contributed by atoms with van der Waals surface area (Å²) in [7, 11) is 1.60. The lowest BCUT2D eigenvalue weighted by Gasteiger charge is -2.06. The van der Waals surface area contributed by atoms with Crippen LogP contribution in [0.1, 0.15) is 11.4 Å². The van der Waals surface area contributed by atoms with Crippen molar-refractivity contribution in [2.45, 2.75) is 6.54 Å². The summed E-state index contributed by atoms with van der Waals surface area (Å²) in [6, 6.07) is 15.6. The standard InChI is InChI=1S/C18H16N6O2/c1-26-15-7-5-13(6-8-15)17-22-16(23-24-17)11-20-18(25)21-14-4-2-3-12(9-14)10-19/h2-9H,11H2,1H3,(H2,20,21,25)(H,22,23,24).